The van der Waals surface area contributed by atoms with E-state index in [1.165, 1.54) is 16.7 Å². The number of aromatic nitrogens is 2. The summed E-state index contributed by atoms with van der Waals surface area (Å²) in [4.78, 5) is 4.62. The number of nitrogens with zero attached hydrogens (tertiary/aromatic N) is 3. The molecule has 1 aromatic heterocycles. The monoisotopic (exact) mass is 441 g/mol. The molecule has 0 radical (unpaired) electrons. The molecule has 6 heteroatoms. The van der Waals surface area contributed by atoms with Gasteiger partial charge in [0.2, 0.25) is 0 Å². The first-order chi connectivity index (χ1) is 11.1. The molecule has 0 aliphatic heterocycles. The summed E-state index contributed by atoms with van der Waals surface area (Å²) in [6.07, 6.45) is 2.79. The number of aryl methyl sites for hydroxylation is 3. The quantitative estimate of drug-likeness (QED) is 0.412. The van der Waals surface area contributed by atoms with Crippen LogP contribution in [0.4, 0.5) is 0 Å². The van der Waals surface area contributed by atoms with Gasteiger partial charge in [-0.3, -0.25) is 4.68 Å². The van der Waals surface area contributed by atoms with E-state index in [2.05, 4.69) is 59.7 Å². The number of nitrogens with one attached hydrogen (secondary N) is 2. The number of hydrogen-bond acceptors (Lipinski definition) is 2. The molecule has 1 aromatic carbocycles. The van der Waals surface area contributed by atoms with E-state index in [1.807, 2.05) is 17.8 Å². The van der Waals surface area contributed by atoms with E-state index in [0.29, 0.717) is 6.54 Å². The van der Waals surface area contributed by atoms with Crippen molar-refractivity contribution in [1.29, 1.82) is 0 Å². The summed E-state index contributed by atoms with van der Waals surface area (Å²) < 4.78 is 1.85. The molecule has 2 N–H and O–H groups in total. The Labute approximate surface area is 162 Å². The van der Waals surface area contributed by atoms with Crippen LogP contribution in [0.1, 0.15) is 29.3 Å². The van der Waals surface area contributed by atoms with Crippen LogP contribution >= 0.6 is 24.0 Å². The fourth-order valence-corrected chi connectivity index (χ4v) is 2.50. The SMILES string of the molecule is CCNC(=NCc1ccnn1C)NCCc1ccc(C)cc1C.I. The number of benzene rings is 1. The van der Waals surface area contributed by atoms with Crippen molar-refractivity contribution in [3.05, 3.63) is 52.8 Å². The van der Waals surface area contributed by atoms with Crippen molar-refractivity contribution in [2.24, 2.45) is 12.0 Å². The zero-order valence-electron chi connectivity index (χ0n) is 15.0. The van der Waals surface area contributed by atoms with Crippen LogP contribution in [0.2, 0.25) is 0 Å². The summed E-state index contributed by atoms with van der Waals surface area (Å²) in [5.41, 5.74) is 5.14. The van der Waals surface area contributed by atoms with Gasteiger partial charge in [-0.05, 0) is 44.4 Å². The fourth-order valence-electron chi connectivity index (χ4n) is 2.50. The van der Waals surface area contributed by atoms with Crippen LogP contribution in [0.3, 0.4) is 0 Å². The van der Waals surface area contributed by atoms with Crippen LogP contribution in [0.5, 0.6) is 0 Å². The first-order valence-electron chi connectivity index (χ1n) is 8.15. The first-order valence-corrected chi connectivity index (χ1v) is 8.15. The van der Waals surface area contributed by atoms with Crippen molar-refractivity contribution in [2.75, 3.05) is 13.1 Å². The van der Waals surface area contributed by atoms with Gasteiger partial charge in [-0.15, -0.1) is 24.0 Å². The van der Waals surface area contributed by atoms with E-state index in [0.717, 1.165) is 31.2 Å². The second kappa shape index (κ2) is 10.3. The maximum absolute atomic E-state index is 4.62. The molecule has 0 amide bonds. The van der Waals surface area contributed by atoms with Crippen LogP contribution in [0, 0.1) is 13.8 Å². The average Bonchev–Trinajstić information content (AvgIpc) is 2.92. The molecule has 132 valence electrons. The maximum Gasteiger partial charge on any atom is 0.191 e. The molecular weight excluding hydrogens is 413 g/mol. The smallest absolute Gasteiger partial charge is 0.191 e. The molecule has 5 nitrogen and oxygen atoms in total. The fraction of sp³-hybridized carbons (Fsp3) is 0.444. The van der Waals surface area contributed by atoms with Crippen molar-refractivity contribution in [2.45, 2.75) is 33.7 Å². The summed E-state index contributed by atoms with van der Waals surface area (Å²) >= 11 is 0. The Morgan fingerprint density at radius 1 is 1.21 bits per heavy atom. The summed E-state index contributed by atoms with van der Waals surface area (Å²) in [7, 11) is 1.94. The normalized spacial score (nSPS) is 11.1. The molecule has 0 unspecified atom stereocenters. The van der Waals surface area contributed by atoms with Gasteiger partial charge in [0.05, 0.1) is 12.2 Å². The Bertz CT molecular complexity index is 663. The molecule has 0 spiro atoms. The van der Waals surface area contributed by atoms with E-state index in [9.17, 15) is 0 Å². The van der Waals surface area contributed by atoms with Gasteiger partial charge < -0.3 is 10.6 Å². The van der Waals surface area contributed by atoms with Gasteiger partial charge >= 0.3 is 0 Å². The van der Waals surface area contributed by atoms with E-state index >= 15 is 0 Å². The van der Waals surface area contributed by atoms with Crippen molar-refractivity contribution in [1.82, 2.24) is 20.4 Å². The Morgan fingerprint density at radius 3 is 2.62 bits per heavy atom. The summed E-state index contributed by atoms with van der Waals surface area (Å²) in [5.74, 6) is 0.846. The Kier molecular flexibility index (Phi) is 8.81. The van der Waals surface area contributed by atoms with Crippen molar-refractivity contribution < 1.29 is 0 Å². The molecular formula is C18H28IN5. The minimum absolute atomic E-state index is 0. The minimum Gasteiger partial charge on any atom is -0.357 e. The van der Waals surface area contributed by atoms with E-state index < -0.39 is 0 Å². The highest BCUT2D eigenvalue weighted by atomic mass is 127. The lowest BCUT2D eigenvalue weighted by atomic mass is 10.0. The molecule has 0 atom stereocenters. The lowest BCUT2D eigenvalue weighted by molar-refractivity contribution is 0.707. The highest BCUT2D eigenvalue weighted by molar-refractivity contribution is 14.0. The lowest BCUT2D eigenvalue weighted by Crippen LogP contribution is -2.38. The van der Waals surface area contributed by atoms with Gasteiger partial charge in [0.15, 0.2) is 5.96 Å². The minimum atomic E-state index is 0. The van der Waals surface area contributed by atoms with E-state index in [1.54, 1.807) is 6.20 Å². The molecule has 0 saturated heterocycles. The third-order valence-electron chi connectivity index (χ3n) is 3.85. The second-order valence-electron chi connectivity index (χ2n) is 5.75. The zero-order chi connectivity index (χ0) is 16.7. The molecule has 24 heavy (non-hydrogen) atoms. The Morgan fingerprint density at radius 2 is 2.00 bits per heavy atom. The molecule has 0 aliphatic rings. The Balaban J connectivity index is 0.00000288. The summed E-state index contributed by atoms with van der Waals surface area (Å²) in [6, 6.07) is 8.61. The summed E-state index contributed by atoms with van der Waals surface area (Å²) in [5, 5.41) is 10.9. The molecule has 0 bridgehead atoms. The third-order valence-corrected chi connectivity index (χ3v) is 3.85. The molecule has 0 saturated carbocycles. The Hall–Kier alpha value is -1.57. The third kappa shape index (κ3) is 6.14. The summed E-state index contributed by atoms with van der Waals surface area (Å²) in [6.45, 7) is 8.70. The lowest BCUT2D eigenvalue weighted by Gasteiger charge is -2.12. The van der Waals surface area contributed by atoms with Crippen molar-refractivity contribution in [3.8, 4) is 0 Å². The van der Waals surface area contributed by atoms with Crippen LogP contribution in [0.25, 0.3) is 0 Å². The predicted octanol–water partition coefficient (Wildman–Crippen LogP) is 2.95. The van der Waals surface area contributed by atoms with E-state index in [4.69, 9.17) is 0 Å². The number of rotatable bonds is 6. The zero-order valence-corrected chi connectivity index (χ0v) is 17.3. The highest BCUT2D eigenvalue weighted by Crippen LogP contribution is 2.10. The maximum atomic E-state index is 4.62. The van der Waals surface area contributed by atoms with E-state index in [-0.39, 0.29) is 24.0 Å². The van der Waals surface area contributed by atoms with Crippen LogP contribution in [-0.4, -0.2) is 28.8 Å². The molecule has 1 heterocycles. The van der Waals surface area contributed by atoms with Gasteiger partial charge in [-0.1, -0.05) is 23.8 Å². The first kappa shape index (κ1) is 20.5. The van der Waals surface area contributed by atoms with Gasteiger partial charge in [-0.2, -0.15) is 5.10 Å². The molecule has 2 aromatic rings. The predicted molar refractivity (Wildman–Crippen MR) is 111 cm³/mol. The van der Waals surface area contributed by atoms with Crippen molar-refractivity contribution in [3.63, 3.8) is 0 Å². The second-order valence-corrected chi connectivity index (χ2v) is 5.75. The van der Waals surface area contributed by atoms with Crippen molar-refractivity contribution >= 4 is 29.9 Å². The molecule has 0 fully saturated rings. The molecule has 0 aliphatic carbocycles. The highest BCUT2D eigenvalue weighted by Gasteiger charge is 2.02. The number of hydrogen-bond donors (Lipinski definition) is 2. The van der Waals surface area contributed by atoms with Gasteiger partial charge in [0.25, 0.3) is 0 Å². The van der Waals surface area contributed by atoms with Crippen LogP contribution in [-0.2, 0) is 20.0 Å². The number of guanidine groups is 1. The van der Waals surface area contributed by atoms with Gasteiger partial charge in [-0.25, -0.2) is 4.99 Å². The molecule has 2 rings (SSSR count). The standard InChI is InChI=1S/C18H27N5.HI/c1-5-19-18(21-13-17-9-11-22-23(17)4)20-10-8-16-7-6-14(2)12-15(16)3;/h6-7,9,11-12H,5,8,10,13H2,1-4H3,(H2,19,20,21);1H. The van der Waals surface area contributed by atoms with Gasteiger partial charge in [0.1, 0.15) is 0 Å². The van der Waals surface area contributed by atoms with Crippen LogP contribution < -0.4 is 10.6 Å². The average molecular weight is 441 g/mol. The number of halogens is 1. The number of aliphatic imine (C=N–C) groups is 1. The van der Waals surface area contributed by atoms with Gasteiger partial charge in [0, 0.05) is 26.3 Å². The van der Waals surface area contributed by atoms with Crippen LogP contribution in [0.15, 0.2) is 35.5 Å². The topological polar surface area (TPSA) is 54.2 Å². The largest absolute Gasteiger partial charge is 0.357 e.